The molecule has 0 aliphatic rings. The van der Waals surface area contributed by atoms with E-state index in [0.717, 1.165) is 5.56 Å². The molecule has 0 N–H and O–H groups in total. The molecule has 0 radical (unpaired) electrons. The molecule has 0 aliphatic heterocycles. The summed E-state index contributed by atoms with van der Waals surface area (Å²) in [5, 5.41) is 8.87. The van der Waals surface area contributed by atoms with E-state index in [-0.39, 0.29) is 34.9 Å². The monoisotopic (exact) mass is 465 g/mol. The largest absolute Gasteiger partial charge is 0.465 e. The van der Waals surface area contributed by atoms with Crippen LogP contribution in [0, 0.1) is 6.92 Å². The van der Waals surface area contributed by atoms with Gasteiger partial charge in [-0.2, -0.15) is 5.10 Å². The normalized spacial score (nSPS) is 10.8. The summed E-state index contributed by atoms with van der Waals surface area (Å²) in [5.74, 6) is -1.33. The number of hydrogen-bond acceptors (Lipinski definition) is 7. The quantitative estimate of drug-likeness (QED) is 0.364. The SMILES string of the molecule is CCOC(=O)c1nn(-c2ccc(C)cc2)cc1-c1onc(-c2ccccc2Cl)c1C(=O)OC. The van der Waals surface area contributed by atoms with Crippen LogP contribution in [0.3, 0.4) is 0 Å². The summed E-state index contributed by atoms with van der Waals surface area (Å²) in [6, 6.07) is 14.5. The van der Waals surface area contributed by atoms with Gasteiger partial charge >= 0.3 is 11.9 Å². The van der Waals surface area contributed by atoms with Gasteiger partial charge in [0.2, 0.25) is 0 Å². The van der Waals surface area contributed by atoms with Crippen molar-refractivity contribution in [1.82, 2.24) is 14.9 Å². The van der Waals surface area contributed by atoms with Gasteiger partial charge in [-0.1, -0.05) is 52.7 Å². The number of carbonyl (C=O) groups excluding carboxylic acids is 2. The minimum atomic E-state index is -0.695. The van der Waals surface area contributed by atoms with E-state index in [1.165, 1.54) is 11.8 Å². The summed E-state index contributed by atoms with van der Waals surface area (Å²) in [6.45, 7) is 3.81. The second kappa shape index (κ2) is 9.30. The van der Waals surface area contributed by atoms with Crippen LogP contribution >= 0.6 is 11.6 Å². The van der Waals surface area contributed by atoms with Gasteiger partial charge in [-0.15, -0.1) is 0 Å². The Hall–Kier alpha value is -3.91. The Bertz CT molecular complexity index is 1320. The average Bonchev–Trinajstić information content (AvgIpc) is 3.44. The highest BCUT2D eigenvalue weighted by molar-refractivity contribution is 6.33. The van der Waals surface area contributed by atoms with Crippen molar-refractivity contribution in [3.63, 3.8) is 0 Å². The van der Waals surface area contributed by atoms with Crippen LogP contribution < -0.4 is 0 Å². The van der Waals surface area contributed by atoms with Crippen molar-refractivity contribution in [3.05, 3.63) is 76.6 Å². The van der Waals surface area contributed by atoms with Crippen LogP contribution in [-0.4, -0.2) is 40.6 Å². The van der Waals surface area contributed by atoms with Crippen molar-refractivity contribution in [2.75, 3.05) is 13.7 Å². The zero-order valence-corrected chi connectivity index (χ0v) is 18.9. The zero-order chi connectivity index (χ0) is 23.5. The molecule has 0 bridgehead atoms. The van der Waals surface area contributed by atoms with Crippen LogP contribution in [0.4, 0.5) is 0 Å². The predicted octanol–water partition coefficient (Wildman–Crippen LogP) is 5.12. The van der Waals surface area contributed by atoms with Gasteiger partial charge in [0.15, 0.2) is 11.5 Å². The summed E-state index contributed by atoms with van der Waals surface area (Å²) in [4.78, 5) is 25.5. The number of esters is 2. The Kier molecular flexibility index (Phi) is 6.28. The fourth-order valence-corrected chi connectivity index (χ4v) is 3.55. The Morgan fingerprint density at radius 1 is 1.06 bits per heavy atom. The average molecular weight is 466 g/mol. The molecule has 0 aliphatic carbocycles. The molecule has 0 spiro atoms. The molecule has 0 unspecified atom stereocenters. The third kappa shape index (κ3) is 4.25. The summed E-state index contributed by atoms with van der Waals surface area (Å²) in [5.41, 5.74) is 2.70. The lowest BCUT2D eigenvalue weighted by Gasteiger charge is -2.04. The first-order chi connectivity index (χ1) is 15.9. The minimum absolute atomic E-state index is 0.0237. The van der Waals surface area contributed by atoms with Crippen molar-refractivity contribution in [1.29, 1.82) is 0 Å². The van der Waals surface area contributed by atoms with Crippen molar-refractivity contribution in [3.8, 4) is 28.3 Å². The summed E-state index contributed by atoms with van der Waals surface area (Å²) < 4.78 is 17.3. The lowest BCUT2D eigenvalue weighted by Crippen LogP contribution is -2.09. The molecule has 0 atom stereocenters. The van der Waals surface area contributed by atoms with Crippen molar-refractivity contribution < 1.29 is 23.6 Å². The van der Waals surface area contributed by atoms with E-state index < -0.39 is 11.9 Å². The van der Waals surface area contributed by atoms with Crippen molar-refractivity contribution in [2.24, 2.45) is 0 Å². The minimum Gasteiger partial charge on any atom is -0.465 e. The van der Waals surface area contributed by atoms with E-state index in [4.69, 9.17) is 25.6 Å². The molecular weight excluding hydrogens is 446 g/mol. The van der Waals surface area contributed by atoms with Crippen molar-refractivity contribution >= 4 is 23.5 Å². The van der Waals surface area contributed by atoms with Gasteiger partial charge in [0.25, 0.3) is 0 Å². The zero-order valence-electron chi connectivity index (χ0n) is 18.2. The standard InChI is InChI=1S/C24H20ClN3O5/c1-4-32-24(30)21-17(13-28(26-21)15-11-9-14(2)10-12-15)22-19(23(29)31-3)20(27-33-22)16-7-5-6-8-18(16)25/h5-13H,4H2,1-3H3. The number of aromatic nitrogens is 3. The summed E-state index contributed by atoms with van der Waals surface area (Å²) in [7, 11) is 1.25. The van der Waals surface area contributed by atoms with E-state index in [1.54, 1.807) is 37.4 Å². The predicted molar refractivity (Wildman–Crippen MR) is 122 cm³/mol. The van der Waals surface area contributed by atoms with Crippen LogP contribution in [-0.2, 0) is 9.47 Å². The maximum atomic E-state index is 12.8. The fraction of sp³-hybridized carbons (Fsp3) is 0.167. The maximum Gasteiger partial charge on any atom is 0.359 e. The lowest BCUT2D eigenvalue weighted by atomic mass is 10.0. The molecule has 168 valence electrons. The molecular formula is C24H20ClN3O5. The maximum absolute atomic E-state index is 12.8. The third-order valence-corrected chi connectivity index (χ3v) is 5.27. The van der Waals surface area contributed by atoms with Crippen LogP contribution in [0.2, 0.25) is 5.02 Å². The van der Waals surface area contributed by atoms with Gasteiger partial charge in [-0.25, -0.2) is 14.3 Å². The van der Waals surface area contributed by atoms with Crippen LogP contribution in [0.5, 0.6) is 0 Å². The first-order valence-corrected chi connectivity index (χ1v) is 10.5. The second-order valence-electron chi connectivity index (χ2n) is 7.10. The number of benzene rings is 2. The van der Waals surface area contributed by atoms with E-state index in [9.17, 15) is 9.59 Å². The van der Waals surface area contributed by atoms with Gasteiger partial charge in [0, 0.05) is 11.8 Å². The molecule has 0 fully saturated rings. The van der Waals surface area contributed by atoms with E-state index >= 15 is 0 Å². The highest BCUT2D eigenvalue weighted by Crippen LogP contribution is 2.37. The first kappa shape index (κ1) is 22.3. The number of methoxy groups -OCH3 is 1. The molecule has 9 heteroatoms. The molecule has 2 aromatic carbocycles. The molecule has 0 saturated carbocycles. The van der Waals surface area contributed by atoms with Gasteiger partial charge in [-0.3, -0.25) is 0 Å². The number of aryl methyl sites for hydroxylation is 1. The molecule has 2 aromatic heterocycles. The van der Waals surface area contributed by atoms with E-state index in [2.05, 4.69) is 10.3 Å². The molecule has 4 aromatic rings. The lowest BCUT2D eigenvalue weighted by molar-refractivity contribution is 0.0517. The molecule has 4 rings (SSSR count). The Morgan fingerprint density at radius 3 is 2.45 bits per heavy atom. The van der Waals surface area contributed by atoms with Crippen LogP contribution in [0.1, 0.15) is 33.3 Å². The summed E-state index contributed by atoms with van der Waals surface area (Å²) >= 11 is 6.33. The number of halogens is 1. The van der Waals surface area contributed by atoms with Gasteiger partial charge in [0.05, 0.1) is 30.0 Å². The topological polar surface area (TPSA) is 96.5 Å². The first-order valence-electron chi connectivity index (χ1n) is 10.1. The molecule has 33 heavy (non-hydrogen) atoms. The Labute approximate surface area is 194 Å². The molecule has 8 nitrogen and oxygen atoms in total. The van der Waals surface area contributed by atoms with E-state index in [0.29, 0.717) is 16.3 Å². The van der Waals surface area contributed by atoms with Crippen LogP contribution in [0.15, 0.2) is 59.3 Å². The van der Waals surface area contributed by atoms with Gasteiger partial charge < -0.3 is 14.0 Å². The highest BCUT2D eigenvalue weighted by atomic mass is 35.5. The van der Waals surface area contributed by atoms with Crippen LogP contribution in [0.25, 0.3) is 28.3 Å². The molecule has 0 saturated heterocycles. The number of rotatable bonds is 6. The van der Waals surface area contributed by atoms with Gasteiger partial charge in [-0.05, 0) is 32.0 Å². The highest BCUT2D eigenvalue weighted by Gasteiger charge is 2.32. The second-order valence-corrected chi connectivity index (χ2v) is 7.51. The number of hydrogen-bond donors (Lipinski definition) is 0. The van der Waals surface area contributed by atoms with Crippen molar-refractivity contribution in [2.45, 2.75) is 13.8 Å². The number of nitrogens with zero attached hydrogens (tertiary/aromatic N) is 3. The summed E-state index contributed by atoms with van der Waals surface area (Å²) in [6.07, 6.45) is 1.58. The van der Waals surface area contributed by atoms with Gasteiger partial charge in [0.1, 0.15) is 11.3 Å². The Morgan fingerprint density at radius 2 is 1.79 bits per heavy atom. The molecule has 0 amide bonds. The van der Waals surface area contributed by atoms with E-state index in [1.807, 2.05) is 31.2 Å². The molecule has 2 heterocycles. The number of ether oxygens (including phenoxy) is 2. The third-order valence-electron chi connectivity index (χ3n) is 4.94. The number of carbonyl (C=O) groups is 2. The fourth-order valence-electron chi connectivity index (χ4n) is 3.32. The smallest absolute Gasteiger partial charge is 0.359 e. The Balaban J connectivity index is 1.94.